The van der Waals surface area contributed by atoms with Crippen LogP contribution in [0.25, 0.3) is 10.2 Å². The summed E-state index contributed by atoms with van der Waals surface area (Å²) in [5, 5.41) is 4.52. The first-order valence-corrected chi connectivity index (χ1v) is 9.51. The van der Waals surface area contributed by atoms with Gasteiger partial charge in [-0.1, -0.05) is 6.07 Å². The number of thioether (sulfide) groups is 1. The van der Waals surface area contributed by atoms with Gasteiger partial charge in [-0.15, -0.1) is 23.1 Å². The second-order valence-corrected chi connectivity index (χ2v) is 7.10. The number of fused-ring (bicyclic) bond motifs is 1. The number of Topliss-reactive ketones (excluding diaryl/α,β-unsaturated/α-hetero) is 1. The number of amides is 1. The van der Waals surface area contributed by atoms with Gasteiger partial charge in [-0.05, 0) is 29.8 Å². The molecule has 1 N–H and O–H groups in total. The minimum absolute atomic E-state index is 0.0994. The molecular formula is C17H15N3O3S2. The van der Waals surface area contributed by atoms with E-state index in [0.717, 1.165) is 4.90 Å². The third-order valence-electron chi connectivity index (χ3n) is 3.58. The van der Waals surface area contributed by atoms with Crippen LogP contribution < -0.4 is 10.9 Å². The molecule has 1 aromatic carbocycles. The van der Waals surface area contributed by atoms with E-state index in [1.54, 1.807) is 29.6 Å². The molecule has 0 saturated carbocycles. The molecule has 0 radical (unpaired) electrons. The van der Waals surface area contributed by atoms with E-state index in [0.29, 0.717) is 21.5 Å². The minimum Gasteiger partial charge on any atom is -0.325 e. The van der Waals surface area contributed by atoms with Crippen molar-refractivity contribution in [3.63, 3.8) is 0 Å². The molecule has 0 bridgehead atoms. The number of ketones is 1. The lowest BCUT2D eigenvalue weighted by Crippen LogP contribution is -2.24. The molecule has 2 heterocycles. The topological polar surface area (TPSA) is 81.1 Å². The molecule has 0 unspecified atom stereocenters. The highest BCUT2D eigenvalue weighted by Gasteiger charge is 2.13. The molecule has 0 aliphatic carbocycles. The van der Waals surface area contributed by atoms with Crippen LogP contribution >= 0.6 is 23.1 Å². The summed E-state index contributed by atoms with van der Waals surface area (Å²) in [5.74, 6) is -0.428. The Labute approximate surface area is 151 Å². The predicted octanol–water partition coefficient (Wildman–Crippen LogP) is 3.02. The summed E-state index contributed by atoms with van der Waals surface area (Å²) in [6.45, 7) is 1.32. The number of thiophene rings is 1. The van der Waals surface area contributed by atoms with Crippen molar-refractivity contribution in [2.45, 2.75) is 18.4 Å². The minimum atomic E-state index is -0.226. The first kappa shape index (κ1) is 17.4. The standard InChI is InChI=1S/C17H15N3O3S2/c1-10(21)19-13-7-11(3-4-15(13)24-2)14(22)8-20-9-18-12-5-6-25-16(12)17(20)23/h3-7,9H,8H2,1-2H3,(H,19,21). The Balaban J connectivity index is 1.91. The van der Waals surface area contributed by atoms with E-state index >= 15 is 0 Å². The maximum Gasteiger partial charge on any atom is 0.271 e. The van der Waals surface area contributed by atoms with Crippen LogP contribution in [0.4, 0.5) is 5.69 Å². The molecular weight excluding hydrogens is 358 g/mol. The van der Waals surface area contributed by atoms with E-state index < -0.39 is 0 Å². The number of carbonyl (C=O) groups excluding carboxylic acids is 2. The maximum absolute atomic E-state index is 12.6. The first-order chi connectivity index (χ1) is 12.0. The van der Waals surface area contributed by atoms with Gasteiger partial charge in [0.25, 0.3) is 5.56 Å². The van der Waals surface area contributed by atoms with E-state index in [4.69, 9.17) is 0 Å². The summed E-state index contributed by atoms with van der Waals surface area (Å²) in [4.78, 5) is 41.4. The second kappa shape index (κ2) is 7.20. The third kappa shape index (κ3) is 3.64. The molecule has 3 rings (SSSR count). The van der Waals surface area contributed by atoms with Gasteiger partial charge in [-0.25, -0.2) is 4.98 Å². The summed E-state index contributed by atoms with van der Waals surface area (Å²) >= 11 is 2.78. The Morgan fingerprint density at radius 2 is 2.12 bits per heavy atom. The number of benzene rings is 1. The van der Waals surface area contributed by atoms with E-state index in [-0.39, 0.29) is 23.8 Å². The van der Waals surface area contributed by atoms with Crippen molar-refractivity contribution >= 4 is 50.7 Å². The van der Waals surface area contributed by atoms with Crippen molar-refractivity contribution in [2.75, 3.05) is 11.6 Å². The van der Waals surface area contributed by atoms with Crippen molar-refractivity contribution in [3.05, 3.63) is 51.9 Å². The fraction of sp³-hybridized carbons (Fsp3) is 0.176. The smallest absolute Gasteiger partial charge is 0.271 e. The number of anilines is 1. The van der Waals surface area contributed by atoms with Crippen LogP contribution in [0.5, 0.6) is 0 Å². The van der Waals surface area contributed by atoms with Crippen LogP contribution in [0, 0.1) is 0 Å². The van der Waals surface area contributed by atoms with E-state index in [1.165, 1.54) is 40.9 Å². The van der Waals surface area contributed by atoms with Gasteiger partial charge in [0.2, 0.25) is 5.91 Å². The summed E-state index contributed by atoms with van der Waals surface area (Å²) in [6, 6.07) is 6.89. The lowest BCUT2D eigenvalue weighted by Gasteiger charge is -2.10. The number of aromatic nitrogens is 2. The van der Waals surface area contributed by atoms with Gasteiger partial charge < -0.3 is 5.32 Å². The summed E-state index contributed by atoms with van der Waals surface area (Å²) in [7, 11) is 0. The van der Waals surface area contributed by atoms with Gasteiger partial charge in [0, 0.05) is 17.4 Å². The van der Waals surface area contributed by atoms with Gasteiger partial charge in [-0.2, -0.15) is 0 Å². The van der Waals surface area contributed by atoms with Gasteiger partial charge in [-0.3, -0.25) is 19.0 Å². The maximum atomic E-state index is 12.6. The van der Waals surface area contributed by atoms with Crippen molar-refractivity contribution < 1.29 is 9.59 Å². The number of carbonyl (C=O) groups is 2. The fourth-order valence-corrected chi connectivity index (χ4v) is 3.73. The molecule has 1 amide bonds. The van der Waals surface area contributed by atoms with Crippen molar-refractivity contribution in [1.29, 1.82) is 0 Å². The number of nitrogens with one attached hydrogen (secondary N) is 1. The van der Waals surface area contributed by atoms with E-state index in [9.17, 15) is 14.4 Å². The summed E-state index contributed by atoms with van der Waals surface area (Å²) < 4.78 is 1.84. The average molecular weight is 373 g/mol. The van der Waals surface area contributed by atoms with Crippen LogP contribution in [0.1, 0.15) is 17.3 Å². The molecule has 0 atom stereocenters. The zero-order chi connectivity index (χ0) is 18.0. The largest absolute Gasteiger partial charge is 0.325 e. The van der Waals surface area contributed by atoms with Gasteiger partial charge in [0.05, 0.1) is 24.1 Å². The molecule has 6 nitrogen and oxygen atoms in total. The fourth-order valence-electron chi connectivity index (χ4n) is 2.41. The van der Waals surface area contributed by atoms with Crippen molar-refractivity contribution in [1.82, 2.24) is 9.55 Å². The molecule has 0 aliphatic rings. The monoisotopic (exact) mass is 373 g/mol. The molecule has 0 saturated heterocycles. The molecule has 3 aromatic rings. The lowest BCUT2D eigenvalue weighted by molar-refractivity contribution is -0.114. The van der Waals surface area contributed by atoms with E-state index in [2.05, 4.69) is 10.3 Å². The van der Waals surface area contributed by atoms with Crippen LogP contribution in [0.15, 0.2) is 45.7 Å². The number of hydrogen-bond acceptors (Lipinski definition) is 6. The average Bonchev–Trinajstić information content (AvgIpc) is 3.06. The Morgan fingerprint density at radius 3 is 2.84 bits per heavy atom. The highest BCUT2D eigenvalue weighted by Crippen LogP contribution is 2.27. The highest BCUT2D eigenvalue weighted by molar-refractivity contribution is 7.98. The number of hydrogen-bond donors (Lipinski definition) is 1. The Kier molecular flexibility index (Phi) is 5.00. The summed E-state index contributed by atoms with van der Waals surface area (Å²) in [6.07, 6.45) is 3.28. The molecule has 8 heteroatoms. The van der Waals surface area contributed by atoms with Crippen LogP contribution in [-0.4, -0.2) is 27.5 Å². The molecule has 128 valence electrons. The normalized spacial score (nSPS) is 10.8. The zero-order valence-electron chi connectivity index (χ0n) is 13.6. The molecule has 0 fully saturated rings. The second-order valence-electron chi connectivity index (χ2n) is 5.33. The number of nitrogens with zero attached hydrogens (tertiary/aromatic N) is 2. The Morgan fingerprint density at radius 1 is 1.32 bits per heavy atom. The SMILES string of the molecule is CSc1ccc(C(=O)Cn2cnc3ccsc3c2=O)cc1NC(C)=O. The Bertz CT molecular complexity index is 1020. The van der Waals surface area contributed by atoms with E-state index in [1.807, 2.05) is 6.26 Å². The molecule has 0 spiro atoms. The third-order valence-corrected chi connectivity index (χ3v) is 5.27. The van der Waals surface area contributed by atoms with Crippen LogP contribution in [0.2, 0.25) is 0 Å². The highest BCUT2D eigenvalue weighted by atomic mass is 32.2. The van der Waals surface area contributed by atoms with Gasteiger partial charge in [0.15, 0.2) is 5.78 Å². The zero-order valence-corrected chi connectivity index (χ0v) is 15.2. The predicted molar refractivity (Wildman–Crippen MR) is 101 cm³/mol. The quantitative estimate of drug-likeness (QED) is 0.549. The van der Waals surface area contributed by atoms with Crippen LogP contribution in [0.3, 0.4) is 0 Å². The molecule has 0 aliphatic heterocycles. The lowest BCUT2D eigenvalue weighted by atomic mass is 10.1. The van der Waals surface area contributed by atoms with Gasteiger partial charge >= 0.3 is 0 Å². The van der Waals surface area contributed by atoms with Gasteiger partial charge in [0.1, 0.15) is 4.70 Å². The van der Waals surface area contributed by atoms with Crippen molar-refractivity contribution in [3.8, 4) is 0 Å². The van der Waals surface area contributed by atoms with Crippen LogP contribution in [-0.2, 0) is 11.3 Å². The summed E-state index contributed by atoms with van der Waals surface area (Å²) in [5.41, 5.74) is 1.43. The molecule has 2 aromatic heterocycles. The first-order valence-electron chi connectivity index (χ1n) is 7.41. The molecule has 25 heavy (non-hydrogen) atoms. The van der Waals surface area contributed by atoms with Crippen molar-refractivity contribution in [2.24, 2.45) is 0 Å². The number of rotatable bonds is 5. The Hall–Kier alpha value is -2.45.